The molecule has 0 spiro atoms. The number of aromatic nitrogens is 5. The Hall–Kier alpha value is -3.59. The molecular weight excluding hydrogens is 442 g/mol. The fraction of sp³-hybridized carbons (Fsp3) is 0.304. The summed E-state index contributed by atoms with van der Waals surface area (Å²) in [6, 6.07) is 5.61. The second-order valence-electron chi connectivity index (χ2n) is 8.18. The zero-order valence-corrected chi connectivity index (χ0v) is 19.6. The van der Waals surface area contributed by atoms with Crippen molar-refractivity contribution in [2.24, 2.45) is 0 Å². The Labute approximate surface area is 195 Å². The van der Waals surface area contributed by atoms with Gasteiger partial charge in [-0.1, -0.05) is 17.7 Å². The Morgan fingerprint density at radius 3 is 2.64 bits per heavy atom. The van der Waals surface area contributed by atoms with Gasteiger partial charge in [0.25, 0.3) is 5.91 Å². The summed E-state index contributed by atoms with van der Waals surface area (Å²) < 4.78 is 9.05. The number of ether oxygens (including phenoxy) is 1. The van der Waals surface area contributed by atoms with Gasteiger partial charge >= 0.3 is 0 Å². The quantitative estimate of drug-likeness (QED) is 0.497. The number of methoxy groups -OCH3 is 1. The van der Waals surface area contributed by atoms with Gasteiger partial charge in [-0.05, 0) is 38.5 Å². The number of nitrogens with two attached hydrogens (primary N) is 1. The van der Waals surface area contributed by atoms with E-state index in [2.05, 4.69) is 5.10 Å². The van der Waals surface area contributed by atoms with Crippen molar-refractivity contribution in [2.45, 2.75) is 33.9 Å². The van der Waals surface area contributed by atoms with Crippen LogP contribution in [0.1, 0.15) is 33.0 Å². The maximum absolute atomic E-state index is 13.8. The first-order chi connectivity index (χ1) is 15.8. The van der Waals surface area contributed by atoms with Crippen LogP contribution in [0.5, 0.6) is 5.75 Å². The van der Waals surface area contributed by atoms with Crippen LogP contribution in [0.4, 0.5) is 5.82 Å². The maximum Gasteiger partial charge on any atom is 0.260 e. The molecule has 9 nitrogen and oxygen atoms in total. The number of nitrogen functional groups attached to an aromatic ring is 1. The van der Waals surface area contributed by atoms with Gasteiger partial charge in [-0.15, -0.1) is 0 Å². The molecule has 1 amide bonds. The molecule has 0 fully saturated rings. The van der Waals surface area contributed by atoms with Gasteiger partial charge in [0, 0.05) is 12.7 Å². The highest BCUT2D eigenvalue weighted by Gasteiger charge is 2.31. The summed E-state index contributed by atoms with van der Waals surface area (Å²) in [5, 5.41) is 4.68. The van der Waals surface area contributed by atoms with E-state index in [1.165, 1.54) is 0 Å². The fourth-order valence-corrected chi connectivity index (χ4v) is 4.66. The number of aryl methyl sites for hydroxylation is 3. The summed E-state index contributed by atoms with van der Waals surface area (Å²) in [5.74, 6) is 0.558. The molecule has 0 unspecified atom stereocenters. The van der Waals surface area contributed by atoms with Gasteiger partial charge in [0.05, 0.1) is 43.0 Å². The monoisotopic (exact) mass is 465 g/mol. The molecular formula is C23H24ClN7O2. The number of amides is 1. The molecule has 0 bridgehead atoms. The van der Waals surface area contributed by atoms with Gasteiger partial charge in [-0.25, -0.2) is 9.97 Å². The molecule has 1 aliphatic heterocycles. The minimum Gasteiger partial charge on any atom is -0.495 e. The van der Waals surface area contributed by atoms with Gasteiger partial charge in [0.1, 0.15) is 27.7 Å². The van der Waals surface area contributed by atoms with Gasteiger partial charge in [-0.3, -0.25) is 14.0 Å². The third kappa shape index (κ3) is 3.22. The highest BCUT2D eigenvalue weighted by Crippen LogP contribution is 2.39. The summed E-state index contributed by atoms with van der Waals surface area (Å²) >= 11 is 6.72. The first-order valence-electron chi connectivity index (χ1n) is 10.6. The first-order valence-corrected chi connectivity index (χ1v) is 11.0. The molecule has 4 heterocycles. The van der Waals surface area contributed by atoms with Crippen molar-refractivity contribution in [3.8, 4) is 11.4 Å². The number of benzene rings is 1. The fourth-order valence-electron chi connectivity index (χ4n) is 4.29. The normalized spacial score (nSPS) is 13.4. The van der Waals surface area contributed by atoms with Crippen LogP contribution in [0, 0.1) is 20.8 Å². The summed E-state index contributed by atoms with van der Waals surface area (Å²) in [6.45, 7) is 7.26. The lowest BCUT2D eigenvalue weighted by molar-refractivity contribution is 0.0709. The molecule has 0 saturated carbocycles. The predicted octanol–water partition coefficient (Wildman–Crippen LogP) is 3.44. The summed E-state index contributed by atoms with van der Waals surface area (Å²) in [5.41, 5.74) is 11.9. The Bertz CT molecular complexity index is 1420. The molecule has 4 aromatic rings. The smallest absolute Gasteiger partial charge is 0.260 e. The minimum atomic E-state index is -0.196. The van der Waals surface area contributed by atoms with Crippen molar-refractivity contribution in [3.05, 3.63) is 57.6 Å². The predicted molar refractivity (Wildman–Crippen MR) is 126 cm³/mol. The number of hydrogen-bond acceptors (Lipinski definition) is 6. The Morgan fingerprint density at radius 1 is 1.12 bits per heavy atom. The van der Waals surface area contributed by atoms with Crippen molar-refractivity contribution >= 4 is 34.5 Å². The minimum absolute atomic E-state index is 0.196. The van der Waals surface area contributed by atoms with Gasteiger partial charge in [-0.2, -0.15) is 5.10 Å². The second kappa shape index (κ2) is 7.77. The molecule has 1 aliphatic rings. The molecule has 0 aliphatic carbocycles. The van der Waals surface area contributed by atoms with E-state index in [9.17, 15) is 4.79 Å². The molecule has 10 heteroatoms. The third-order valence-electron chi connectivity index (χ3n) is 6.20. The van der Waals surface area contributed by atoms with Crippen LogP contribution in [0.15, 0.2) is 24.4 Å². The third-order valence-corrected chi connectivity index (χ3v) is 6.57. The van der Waals surface area contributed by atoms with E-state index in [0.29, 0.717) is 52.8 Å². The van der Waals surface area contributed by atoms with Gasteiger partial charge in [0.2, 0.25) is 0 Å². The molecule has 170 valence electrons. The maximum atomic E-state index is 13.8. The van der Waals surface area contributed by atoms with Crippen LogP contribution >= 0.6 is 11.6 Å². The lowest BCUT2D eigenvalue weighted by atomic mass is 10.2. The first kappa shape index (κ1) is 21.3. The number of hydrogen-bond donors (Lipinski definition) is 1. The lowest BCUT2D eigenvalue weighted by Gasteiger charge is -2.27. The average molecular weight is 466 g/mol. The van der Waals surface area contributed by atoms with Crippen molar-refractivity contribution in [3.63, 3.8) is 0 Å². The van der Waals surface area contributed by atoms with E-state index in [0.717, 1.165) is 22.6 Å². The number of rotatable bonds is 3. The van der Waals surface area contributed by atoms with Crippen LogP contribution in [0.25, 0.3) is 16.9 Å². The highest BCUT2D eigenvalue weighted by molar-refractivity contribution is 6.34. The molecule has 2 N–H and O–H groups in total. The molecule has 0 atom stereocenters. The SMILES string of the molecule is COc1ccc(C)c(-n2c(N)c(C(=O)N3CCn4nccc4C3)c3nc(C)c(C)nc32)c1Cl. The molecule has 3 aromatic heterocycles. The van der Waals surface area contributed by atoms with Gasteiger partial charge < -0.3 is 15.4 Å². The van der Waals surface area contributed by atoms with Crippen molar-refractivity contribution in [2.75, 3.05) is 19.4 Å². The largest absolute Gasteiger partial charge is 0.495 e. The molecule has 0 saturated heterocycles. The Morgan fingerprint density at radius 2 is 1.88 bits per heavy atom. The summed E-state index contributed by atoms with van der Waals surface area (Å²) in [4.78, 5) is 25.0. The Balaban J connectivity index is 1.75. The van der Waals surface area contributed by atoms with E-state index in [-0.39, 0.29) is 11.7 Å². The highest BCUT2D eigenvalue weighted by atomic mass is 35.5. The van der Waals surface area contributed by atoms with Crippen LogP contribution in [0.3, 0.4) is 0 Å². The topological polar surface area (TPSA) is 104 Å². The van der Waals surface area contributed by atoms with Crippen LogP contribution < -0.4 is 10.5 Å². The molecule has 33 heavy (non-hydrogen) atoms. The van der Waals surface area contributed by atoms with E-state index in [4.69, 9.17) is 32.0 Å². The number of nitrogens with zero attached hydrogens (tertiary/aromatic N) is 6. The van der Waals surface area contributed by atoms with E-state index in [1.54, 1.807) is 28.8 Å². The number of carbonyl (C=O) groups excluding carboxylic acids is 1. The van der Waals surface area contributed by atoms with Crippen molar-refractivity contribution < 1.29 is 9.53 Å². The molecule has 0 radical (unpaired) electrons. The van der Waals surface area contributed by atoms with E-state index >= 15 is 0 Å². The summed E-state index contributed by atoms with van der Waals surface area (Å²) in [6.07, 6.45) is 1.74. The van der Waals surface area contributed by atoms with Crippen LogP contribution in [0.2, 0.25) is 5.02 Å². The van der Waals surface area contributed by atoms with Crippen LogP contribution in [-0.4, -0.2) is 48.8 Å². The lowest BCUT2D eigenvalue weighted by Crippen LogP contribution is -2.38. The second-order valence-corrected chi connectivity index (χ2v) is 8.56. The zero-order valence-electron chi connectivity index (χ0n) is 18.9. The van der Waals surface area contributed by atoms with Crippen molar-refractivity contribution in [1.82, 2.24) is 29.2 Å². The number of halogens is 1. The average Bonchev–Trinajstić information content (AvgIpc) is 3.36. The van der Waals surface area contributed by atoms with Crippen LogP contribution in [-0.2, 0) is 13.1 Å². The van der Waals surface area contributed by atoms with Gasteiger partial charge in [0.15, 0.2) is 5.65 Å². The van der Waals surface area contributed by atoms with Crippen molar-refractivity contribution in [1.29, 1.82) is 0 Å². The number of fused-ring (bicyclic) bond motifs is 2. The Kier molecular flexibility index (Phi) is 5.01. The molecule has 5 rings (SSSR count). The summed E-state index contributed by atoms with van der Waals surface area (Å²) in [7, 11) is 1.56. The zero-order chi connectivity index (χ0) is 23.4. The molecule has 1 aromatic carbocycles. The number of anilines is 1. The standard InChI is InChI=1S/C23H24ClN7O2/c1-12-5-6-16(33-4)18(24)20(12)31-21(25)17(19-22(31)28-14(3)13(2)27-19)23(32)29-9-10-30-15(11-29)7-8-26-30/h5-8H,9-11,25H2,1-4H3. The van der Waals surface area contributed by atoms with E-state index < -0.39 is 0 Å². The van der Waals surface area contributed by atoms with E-state index in [1.807, 2.05) is 37.6 Å². The number of carbonyl (C=O) groups is 1.